The maximum Gasteiger partial charge on any atom is 0.405 e. The second-order valence-corrected chi connectivity index (χ2v) is 7.74. The van der Waals surface area contributed by atoms with Gasteiger partial charge in [-0.1, -0.05) is 11.6 Å². The van der Waals surface area contributed by atoms with Crippen LogP contribution in [0.15, 0.2) is 30.7 Å². The van der Waals surface area contributed by atoms with Gasteiger partial charge in [0.25, 0.3) is 0 Å². The minimum absolute atomic E-state index is 0.253. The van der Waals surface area contributed by atoms with Gasteiger partial charge in [-0.15, -0.1) is 0 Å². The van der Waals surface area contributed by atoms with E-state index in [-0.39, 0.29) is 12.5 Å². The molecule has 0 aliphatic carbocycles. The smallest absolute Gasteiger partial charge is 0.377 e. The van der Waals surface area contributed by atoms with Gasteiger partial charge in [0.05, 0.1) is 11.1 Å². The van der Waals surface area contributed by atoms with Crippen LogP contribution in [-0.2, 0) is 9.53 Å². The van der Waals surface area contributed by atoms with E-state index < -0.39 is 24.7 Å². The van der Waals surface area contributed by atoms with Crippen molar-refractivity contribution in [2.24, 2.45) is 0 Å². The summed E-state index contributed by atoms with van der Waals surface area (Å²) in [5.74, 6) is 0.0496. The van der Waals surface area contributed by atoms with E-state index in [1.807, 2.05) is 12.2 Å². The molecule has 0 aromatic carbocycles. The molecular formula is C20H20ClF3N6O2. The molecular weight excluding hydrogens is 449 g/mol. The zero-order chi connectivity index (χ0) is 22.9. The van der Waals surface area contributed by atoms with E-state index in [4.69, 9.17) is 16.3 Å². The standard InChI is InChI=1S/C20H20ClF3N6O2/c1-2-32-12-6-15(19(31)28-10-20(22,23)24)30(9-12)16-3-4-25-18(29-16)14-8-27-17-13(14)5-11(21)7-26-17/h3-5,7-8,12,15H,2,6,9-10H2,1H3,(H,26,27)(H,28,31)/t12?,15-/m0/s1. The summed E-state index contributed by atoms with van der Waals surface area (Å²) in [5.41, 5.74) is 1.27. The van der Waals surface area contributed by atoms with Crippen molar-refractivity contribution in [3.8, 4) is 11.4 Å². The number of hydrogen-bond acceptors (Lipinski definition) is 6. The van der Waals surface area contributed by atoms with Crippen LogP contribution in [0.4, 0.5) is 19.0 Å². The van der Waals surface area contributed by atoms with Gasteiger partial charge in [0.15, 0.2) is 5.82 Å². The second kappa shape index (κ2) is 8.91. The van der Waals surface area contributed by atoms with Gasteiger partial charge in [-0.25, -0.2) is 15.0 Å². The van der Waals surface area contributed by atoms with Crippen LogP contribution in [-0.4, -0.2) is 63.9 Å². The van der Waals surface area contributed by atoms with Crippen LogP contribution in [0.5, 0.6) is 0 Å². The van der Waals surface area contributed by atoms with Crippen LogP contribution in [0.1, 0.15) is 13.3 Å². The predicted molar refractivity (Wildman–Crippen MR) is 112 cm³/mol. The Balaban J connectivity index is 1.64. The largest absolute Gasteiger partial charge is 0.405 e. The molecule has 3 aromatic rings. The number of pyridine rings is 1. The third-order valence-electron chi connectivity index (χ3n) is 5.10. The van der Waals surface area contributed by atoms with E-state index in [2.05, 4.69) is 19.9 Å². The minimum atomic E-state index is -4.49. The number of fused-ring (bicyclic) bond motifs is 1. The maximum absolute atomic E-state index is 12.6. The first kappa shape index (κ1) is 22.3. The molecule has 0 radical (unpaired) electrons. The van der Waals surface area contributed by atoms with Gasteiger partial charge in [-0.2, -0.15) is 13.2 Å². The number of amides is 1. The van der Waals surface area contributed by atoms with E-state index in [9.17, 15) is 18.0 Å². The lowest BCUT2D eigenvalue weighted by atomic mass is 10.2. The number of aromatic nitrogens is 4. The normalized spacial score (nSPS) is 19.0. The number of halogens is 4. The van der Waals surface area contributed by atoms with Crippen LogP contribution < -0.4 is 10.2 Å². The fourth-order valence-corrected chi connectivity index (χ4v) is 3.92. The Morgan fingerprint density at radius 3 is 2.97 bits per heavy atom. The molecule has 0 saturated carbocycles. The first-order valence-corrected chi connectivity index (χ1v) is 10.3. The van der Waals surface area contributed by atoms with E-state index in [0.29, 0.717) is 41.0 Å². The van der Waals surface area contributed by atoms with Crippen molar-refractivity contribution in [3.63, 3.8) is 0 Å². The molecule has 0 spiro atoms. The Labute approximate surface area is 186 Å². The summed E-state index contributed by atoms with van der Waals surface area (Å²) >= 11 is 6.07. The maximum atomic E-state index is 12.6. The van der Waals surface area contributed by atoms with Crippen molar-refractivity contribution in [2.75, 3.05) is 24.6 Å². The third-order valence-corrected chi connectivity index (χ3v) is 5.31. The van der Waals surface area contributed by atoms with Crippen LogP contribution in [0.2, 0.25) is 5.02 Å². The number of carbonyl (C=O) groups is 1. The fourth-order valence-electron chi connectivity index (χ4n) is 3.76. The number of ether oxygens (including phenoxy) is 1. The molecule has 4 heterocycles. The first-order valence-electron chi connectivity index (χ1n) is 9.94. The number of aromatic amines is 1. The number of anilines is 1. The van der Waals surface area contributed by atoms with Crippen molar-refractivity contribution in [2.45, 2.75) is 31.7 Å². The van der Waals surface area contributed by atoms with Crippen LogP contribution in [0.25, 0.3) is 22.4 Å². The highest BCUT2D eigenvalue weighted by molar-refractivity contribution is 6.31. The zero-order valence-corrected chi connectivity index (χ0v) is 17.7. The number of nitrogens with zero attached hydrogens (tertiary/aromatic N) is 4. The number of alkyl halides is 3. The Kier molecular flexibility index (Phi) is 6.20. The molecule has 8 nitrogen and oxygen atoms in total. The molecule has 2 atom stereocenters. The fraction of sp³-hybridized carbons (Fsp3) is 0.400. The minimum Gasteiger partial charge on any atom is -0.377 e. The lowest BCUT2D eigenvalue weighted by molar-refractivity contribution is -0.139. The van der Waals surface area contributed by atoms with Crippen molar-refractivity contribution in [3.05, 3.63) is 35.7 Å². The highest BCUT2D eigenvalue weighted by Gasteiger charge is 2.39. The summed E-state index contributed by atoms with van der Waals surface area (Å²) in [7, 11) is 0. The SMILES string of the molecule is CCOC1C[C@@H](C(=O)NCC(F)(F)F)N(c2ccnc(-c3c[nH]c4ncc(Cl)cc34)n2)C1. The van der Waals surface area contributed by atoms with E-state index in [1.54, 1.807) is 23.2 Å². The van der Waals surface area contributed by atoms with Gasteiger partial charge in [0.1, 0.15) is 24.1 Å². The highest BCUT2D eigenvalue weighted by atomic mass is 35.5. The van der Waals surface area contributed by atoms with Crippen molar-refractivity contribution in [1.82, 2.24) is 25.3 Å². The van der Waals surface area contributed by atoms with Gasteiger partial charge >= 0.3 is 6.18 Å². The van der Waals surface area contributed by atoms with Crippen LogP contribution in [0, 0.1) is 0 Å². The highest BCUT2D eigenvalue weighted by Crippen LogP contribution is 2.31. The third kappa shape index (κ3) is 4.78. The molecule has 1 amide bonds. The molecule has 1 aliphatic heterocycles. The molecule has 12 heteroatoms. The second-order valence-electron chi connectivity index (χ2n) is 7.30. The van der Waals surface area contributed by atoms with Crippen LogP contribution >= 0.6 is 11.6 Å². The molecule has 1 saturated heterocycles. The van der Waals surface area contributed by atoms with E-state index >= 15 is 0 Å². The molecule has 32 heavy (non-hydrogen) atoms. The van der Waals surface area contributed by atoms with Gasteiger partial charge in [0, 0.05) is 49.1 Å². The number of carbonyl (C=O) groups excluding carboxylic acids is 1. The van der Waals surface area contributed by atoms with E-state index in [1.165, 1.54) is 12.4 Å². The topological polar surface area (TPSA) is 96.0 Å². The molecule has 4 rings (SSSR count). The van der Waals surface area contributed by atoms with Gasteiger partial charge < -0.3 is 19.9 Å². The number of H-pyrrole nitrogens is 1. The number of rotatable bonds is 6. The molecule has 170 valence electrons. The lowest BCUT2D eigenvalue weighted by Crippen LogP contribution is -2.46. The molecule has 1 unspecified atom stereocenters. The van der Waals surface area contributed by atoms with Crippen molar-refractivity contribution < 1.29 is 22.7 Å². The number of nitrogens with one attached hydrogen (secondary N) is 2. The summed E-state index contributed by atoms with van der Waals surface area (Å²) in [5, 5.41) is 3.15. The summed E-state index contributed by atoms with van der Waals surface area (Å²) in [4.78, 5) is 30.4. The Morgan fingerprint density at radius 1 is 1.41 bits per heavy atom. The van der Waals surface area contributed by atoms with E-state index in [0.717, 1.165) is 5.39 Å². The summed E-state index contributed by atoms with van der Waals surface area (Å²) < 4.78 is 43.4. The quantitative estimate of drug-likeness (QED) is 0.576. The summed E-state index contributed by atoms with van der Waals surface area (Å²) in [6.45, 7) is 1.16. The Bertz CT molecular complexity index is 1120. The average molecular weight is 469 g/mol. The molecule has 0 bridgehead atoms. The first-order chi connectivity index (χ1) is 15.2. The Morgan fingerprint density at radius 2 is 2.22 bits per heavy atom. The molecule has 1 fully saturated rings. The molecule has 2 N–H and O–H groups in total. The van der Waals surface area contributed by atoms with Gasteiger partial charge in [0.2, 0.25) is 5.91 Å². The zero-order valence-electron chi connectivity index (χ0n) is 17.0. The average Bonchev–Trinajstić information content (AvgIpc) is 3.36. The Hall–Kier alpha value is -2.92. The molecule has 1 aliphatic rings. The van der Waals surface area contributed by atoms with Crippen molar-refractivity contribution in [1.29, 1.82) is 0 Å². The number of hydrogen-bond donors (Lipinski definition) is 2. The monoisotopic (exact) mass is 468 g/mol. The lowest BCUT2D eigenvalue weighted by Gasteiger charge is -2.25. The summed E-state index contributed by atoms with van der Waals surface area (Å²) in [6.07, 6.45) is 0.204. The van der Waals surface area contributed by atoms with Gasteiger partial charge in [-0.3, -0.25) is 4.79 Å². The molecule has 3 aromatic heterocycles. The predicted octanol–water partition coefficient (Wildman–Crippen LogP) is 3.34. The van der Waals surface area contributed by atoms with Gasteiger partial charge in [-0.05, 0) is 19.1 Å². The van der Waals surface area contributed by atoms with Crippen molar-refractivity contribution >= 4 is 34.4 Å². The summed E-state index contributed by atoms with van der Waals surface area (Å²) in [6, 6.07) is 2.50. The van der Waals surface area contributed by atoms with Crippen LogP contribution in [0.3, 0.4) is 0 Å².